The van der Waals surface area contributed by atoms with Gasteiger partial charge in [-0.15, -0.1) is 0 Å². The molecule has 21 heavy (non-hydrogen) atoms. The van der Waals surface area contributed by atoms with E-state index in [1.165, 1.54) is 18.9 Å². The van der Waals surface area contributed by atoms with Gasteiger partial charge >= 0.3 is 0 Å². The molecule has 1 fully saturated rings. The third-order valence-electron chi connectivity index (χ3n) is 3.60. The Morgan fingerprint density at radius 2 is 1.95 bits per heavy atom. The van der Waals surface area contributed by atoms with Gasteiger partial charge in [-0.2, -0.15) is 0 Å². The van der Waals surface area contributed by atoms with Crippen molar-refractivity contribution in [3.05, 3.63) is 28.2 Å². The molecule has 0 saturated carbocycles. The van der Waals surface area contributed by atoms with Gasteiger partial charge in [0.25, 0.3) is 0 Å². The monoisotopic (exact) mass is 350 g/mol. The third kappa shape index (κ3) is 4.57. The van der Waals surface area contributed by atoms with Crippen molar-refractivity contribution < 1.29 is 8.42 Å². The maximum absolute atomic E-state index is 12.3. The number of sulfonamides is 1. The van der Waals surface area contributed by atoms with Crippen LogP contribution in [0.15, 0.2) is 23.1 Å². The minimum Gasteiger partial charge on any atom is -0.303 e. The lowest BCUT2D eigenvalue weighted by molar-refractivity contribution is 0.288. The predicted molar refractivity (Wildman–Crippen MR) is 86.5 cm³/mol. The highest BCUT2D eigenvalue weighted by atomic mass is 35.5. The van der Waals surface area contributed by atoms with Crippen LogP contribution in [0.4, 0.5) is 0 Å². The van der Waals surface area contributed by atoms with Crippen LogP contribution >= 0.6 is 23.2 Å². The summed E-state index contributed by atoms with van der Waals surface area (Å²) in [7, 11) is -3.63. The van der Waals surface area contributed by atoms with Crippen LogP contribution in [0, 0.1) is 5.92 Å². The van der Waals surface area contributed by atoms with Crippen LogP contribution in [0.1, 0.15) is 19.8 Å². The lowest BCUT2D eigenvalue weighted by Gasteiger charge is -2.20. The van der Waals surface area contributed by atoms with E-state index in [9.17, 15) is 8.42 Å². The van der Waals surface area contributed by atoms with Crippen LogP contribution in [0.5, 0.6) is 0 Å². The van der Waals surface area contributed by atoms with Crippen molar-refractivity contribution in [3.63, 3.8) is 0 Å². The number of hydrogen-bond acceptors (Lipinski definition) is 3. The van der Waals surface area contributed by atoms with Crippen molar-refractivity contribution in [2.45, 2.75) is 24.7 Å². The maximum Gasteiger partial charge on any atom is 0.242 e. The highest BCUT2D eigenvalue weighted by molar-refractivity contribution is 7.89. The number of nitrogens with zero attached hydrogens (tertiary/aromatic N) is 1. The first kappa shape index (κ1) is 17.0. The van der Waals surface area contributed by atoms with E-state index in [0.29, 0.717) is 6.54 Å². The Balaban J connectivity index is 1.96. The van der Waals surface area contributed by atoms with Crippen LogP contribution in [-0.2, 0) is 10.0 Å². The zero-order valence-electron chi connectivity index (χ0n) is 12.0. The third-order valence-corrected chi connectivity index (χ3v) is 5.99. The molecule has 1 aliphatic heterocycles. The molecule has 118 valence electrons. The smallest absolute Gasteiger partial charge is 0.242 e. The first-order valence-electron chi connectivity index (χ1n) is 7.06. The summed E-state index contributed by atoms with van der Waals surface area (Å²) in [6, 6.07) is 4.61. The summed E-state index contributed by atoms with van der Waals surface area (Å²) in [6.07, 6.45) is 2.47. The standard InChI is InChI=1S/C14H20Cl2N2O2S/c1-11(10-18-7-2-3-8-18)9-17-21(19,20)13-6-4-5-12(15)14(13)16/h4-6,11,17H,2-3,7-10H2,1H3/t11-/m1/s1. The van der Waals surface area contributed by atoms with E-state index < -0.39 is 10.0 Å². The van der Waals surface area contributed by atoms with Crippen molar-refractivity contribution >= 4 is 33.2 Å². The molecule has 7 heteroatoms. The molecule has 1 aromatic carbocycles. The summed E-state index contributed by atoms with van der Waals surface area (Å²) in [4.78, 5) is 2.40. The van der Waals surface area contributed by atoms with Crippen LogP contribution in [0.2, 0.25) is 10.0 Å². The molecule has 0 radical (unpaired) electrons. The minimum absolute atomic E-state index is 0.0324. The summed E-state index contributed by atoms with van der Waals surface area (Å²) < 4.78 is 27.2. The number of rotatable bonds is 6. The Bertz CT molecular complexity index is 587. The second-order valence-corrected chi connectivity index (χ2v) is 8.04. The normalized spacial score (nSPS) is 18.0. The number of halogens is 2. The molecule has 1 aromatic rings. The number of likely N-dealkylation sites (tertiary alicyclic amines) is 1. The summed E-state index contributed by atoms with van der Waals surface area (Å²) in [6.45, 7) is 5.56. The Hall–Kier alpha value is -0.330. The van der Waals surface area contributed by atoms with E-state index in [1.54, 1.807) is 12.1 Å². The zero-order valence-corrected chi connectivity index (χ0v) is 14.3. The van der Waals surface area contributed by atoms with Crippen LogP contribution < -0.4 is 4.72 Å². The Labute approximate surface area is 136 Å². The molecule has 1 atom stereocenters. The molecule has 0 aromatic heterocycles. The SMILES string of the molecule is C[C@H](CNS(=O)(=O)c1cccc(Cl)c1Cl)CN1CCCC1. The lowest BCUT2D eigenvalue weighted by Crippen LogP contribution is -2.34. The van der Waals surface area contributed by atoms with Gasteiger partial charge in [0.15, 0.2) is 0 Å². The van der Waals surface area contributed by atoms with E-state index in [0.717, 1.165) is 19.6 Å². The second kappa shape index (κ2) is 7.29. The van der Waals surface area contributed by atoms with Crippen molar-refractivity contribution in [2.75, 3.05) is 26.2 Å². The van der Waals surface area contributed by atoms with Gasteiger partial charge in [0.05, 0.1) is 10.0 Å². The van der Waals surface area contributed by atoms with Crippen molar-refractivity contribution in [1.82, 2.24) is 9.62 Å². The number of nitrogens with one attached hydrogen (secondary N) is 1. The molecule has 1 saturated heterocycles. The van der Waals surface area contributed by atoms with E-state index in [-0.39, 0.29) is 20.9 Å². The molecule has 0 aliphatic carbocycles. The molecule has 0 amide bonds. The number of benzene rings is 1. The average Bonchev–Trinajstić information content (AvgIpc) is 2.92. The maximum atomic E-state index is 12.3. The van der Waals surface area contributed by atoms with Crippen molar-refractivity contribution in [3.8, 4) is 0 Å². The van der Waals surface area contributed by atoms with E-state index in [1.807, 2.05) is 6.92 Å². The molecule has 0 bridgehead atoms. The van der Waals surface area contributed by atoms with Crippen LogP contribution in [0.3, 0.4) is 0 Å². The second-order valence-electron chi connectivity index (χ2n) is 5.52. The van der Waals surface area contributed by atoms with Crippen LogP contribution in [0.25, 0.3) is 0 Å². The Morgan fingerprint density at radius 3 is 2.62 bits per heavy atom. The average molecular weight is 351 g/mol. The highest BCUT2D eigenvalue weighted by Crippen LogP contribution is 2.28. The van der Waals surface area contributed by atoms with Gasteiger partial charge < -0.3 is 4.90 Å². The van der Waals surface area contributed by atoms with Crippen molar-refractivity contribution in [2.24, 2.45) is 5.92 Å². The first-order chi connectivity index (χ1) is 9.90. The fourth-order valence-corrected chi connectivity index (χ4v) is 4.42. The van der Waals surface area contributed by atoms with Gasteiger partial charge in [-0.25, -0.2) is 13.1 Å². The molecule has 1 heterocycles. The van der Waals surface area contributed by atoms with Gasteiger partial charge in [-0.05, 0) is 44.0 Å². The minimum atomic E-state index is -3.63. The molecule has 1 N–H and O–H groups in total. The van der Waals surface area contributed by atoms with Gasteiger partial charge in [-0.3, -0.25) is 0 Å². The fourth-order valence-electron chi connectivity index (χ4n) is 2.49. The van der Waals surface area contributed by atoms with Crippen LogP contribution in [-0.4, -0.2) is 39.5 Å². The number of hydrogen-bond donors (Lipinski definition) is 1. The lowest BCUT2D eigenvalue weighted by atomic mass is 10.2. The summed E-state index contributed by atoms with van der Waals surface area (Å²) in [5.41, 5.74) is 0. The molecular formula is C14H20Cl2N2O2S. The van der Waals surface area contributed by atoms with Gasteiger partial charge in [-0.1, -0.05) is 36.2 Å². The zero-order chi connectivity index (χ0) is 15.5. The summed E-state index contributed by atoms with van der Waals surface area (Å²) >= 11 is 11.8. The molecule has 0 spiro atoms. The van der Waals surface area contributed by atoms with Crippen molar-refractivity contribution in [1.29, 1.82) is 0 Å². The Kier molecular flexibility index (Phi) is 5.91. The topological polar surface area (TPSA) is 49.4 Å². The van der Waals surface area contributed by atoms with E-state index in [2.05, 4.69) is 9.62 Å². The molecular weight excluding hydrogens is 331 g/mol. The molecule has 0 unspecified atom stereocenters. The van der Waals surface area contributed by atoms with E-state index >= 15 is 0 Å². The highest BCUT2D eigenvalue weighted by Gasteiger charge is 2.21. The molecule has 1 aliphatic rings. The largest absolute Gasteiger partial charge is 0.303 e. The summed E-state index contributed by atoms with van der Waals surface area (Å²) in [5, 5.41) is 0.309. The Morgan fingerprint density at radius 1 is 1.29 bits per heavy atom. The molecule has 4 nitrogen and oxygen atoms in total. The quantitative estimate of drug-likeness (QED) is 0.857. The first-order valence-corrected chi connectivity index (χ1v) is 9.30. The van der Waals surface area contributed by atoms with Gasteiger partial charge in [0.2, 0.25) is 10.0 Å². The summed E-state index contributed by atoms with van der Waals surface area (Å²) in [5.74, 6) is 0.246. The van der Waals surface area contributed by atoms with E-state index in [4.69, 9.17) is 23.2 Å². The molecule has 2 rings (SSSR count). The van der Waals surface area contributed by atoms with Gasteiger partial charge in [0, 0.05) is 13.1 Å². The fraction of sp³-hybridized carbons (Fsp3) is 0.571. The predicted octanol–water partition coefficient (Wildman–Crippen LogP) is 3.00. The van der Waals surface area contributed by atoms with Gasteiger partial charge in [0.1, 0.15) is 4.90 Å².